The van der Waals surface area contributed by atoms with E-state index in [9.17, 15) is 12.8 Å². The Morgan fingerprint density at radius 2 is 2.10 bits per heavy atom. The summed E-state index contributed by atoms with van der Waals surface area (Å²) in [5.41, 5.74) is -0.140. The molecular weight excluding hydrogens is 299 g/mol. The standard InChI is InChI=1S/C13H19FN2O4S/c1-20-11-2-3-12(14)13(8-11)15-21(18,19)16-6-4-10(9-17)5-7-16/h2-3,8,10,15,17H,4-7,9H2,1H3. The van der Waals surface area contributed by atoms with Gasteiger partial charge in [-0.05, 0) is 30.9 Å². The Morgan fingerprint density at radius 1 is 1.43 bits per heavy atom. The second-order valence-corrected chi connectivity index (χ2v) is 6.65. The highest BCUT2D eigenvalue weighted by Gasteiger charge is 2.28. The Kier molecular flexibility index (Phi) is 5.02. The number of benzene rings is 1. The third kappa shape index (κ3) is 3.84. The van der Waals surface area contributed by atoms with Gasteiger partial charge in [0, 0.05) is 25.8 Å². The van der Waals surface area contributed by atoms with Crippen molar-refractivity contribution in [2.45, 2.75) is 12.8 Å². The van der Waals surface area contributed by atoms with Crippen LogP contribution in [0.5, 0.6) is 5.75 Å². The monoisotopic (exact) mass is 318 g/mol. The molecule has 1 aliphatic rings. The molecule has 1 aromatic rings. The number of nitrogens with one attached hydrogen (secondary N) is 1. The van der Waals surface area contributed by atoms with Gasteiger partial charge in [0.25, 0.3) is 0 Å². The number of nitrogens with zero attached hydrogens (tertiary/aromatic N) is 1. The van der Waals surface area contributed by atoms with Gasteiger partial charge in [0.1, 0.15) is 11.6 Å². The van der Waals surface area contributed by atoms with Crippen molar-refractivity contribution in [1.29, 1.82) is 0 Å². The second-order valence-electron chi connectivity index (χ2n) is 4.98. The van der Waals surface area contributed by atoms with Crippen molar-refractivity contribution in [3.05, 3.63) is 24.0 Å². The van der Waals surface area contributed by atoms with E-state index in [2.05, 4.69) is 4.72 Å². The van der Waals surface area contributed by atoms with Crippen LogP contribution >= 0.6 is 0 Å². The molecule has 0 aliphatic carbocycles. The van der Waals surface area contributed by atoms with Crippen molar-refractivity contribution < 1.29 is 22.7 Å². The number of piperidine rings is 1. The normalized spacial score (nSPS) is 17.7. The number of halogens is 1. The predicted molar refractivity (Wildman–Crippen MR) is 76.9 cm³/mol. The molecule has 6 nitrogen and oxygen atoms in total. The Labute approximate surface area is 123 Å². The van der Waals surface area contributed by atoms with E-state index in [1.807, 2.05) is 0 Å². The summed E-state index contributed by atoms with van der Waals surface area (Å²) in [7, 11) is -2.39. The fourth-order valence-corrected chi connectivity index (χ4v) is 3.50. The minimum atomic E-state index is -3.81. The van der Waals surface area contributed by atoms with Gasteiger partial charge in [-0.3, -0.25) is 4.72 Å². The van der Waals surface area contributed by atoms with Crippen LogP contribution in [0.15, 0.2) is 18.2 Å². The van der Waals surface area contributed by atoms with E-state index in [-0.39, 0.29) is 18.2 Å². The van der Waals surface area contributed by atoms with E-state index >= 15 is 0 Å². The van der Waals surface area contributed by atoms with Gasteiger partial charge in [-0.25, -0.2) is 4.39 Å². The lowest BCUT2D eigenvalue weighted by atomic mass is 10.00. The molecule has 0 aromatic heterocycles. The molecule has 1 aliphatic heterocycles. The van der Waals surface area contributed by atoms with Crippen LogP contribution in [-0.2, 0) is 10.2 Å². The van der Waals surface area contributed by atoms with Gasteiger partial charge in [-0.1, -0.05) is 0 Å². The Balaban J connectivity index is 2.11. The zero-order valence-corrected chi connectivity index (χ0v) is 12.6. The molecule has 0 unspecified atom stereocenters. The topological polar surface area (TPSA) is 78.9 Å². The van der Waals surface area contributed by atoms with Crippen molar-refractivity contribution in [2.24, 2.45) is 5.92 Å². The SMILES string of the molecule is COc1ccc(F)c(NS(=O)(=O)N2CCC(CO)CC2)c1. The van der Waals surface area contributed by atoms with Gasteiger partial charge in [0.05, 0.1) is 12.8 Å². The van der Waals surface area contributed by atoms with Crippen molar-refractivity contribution in [3.8, 4) is 5.75 Å². The Bertz CT molecular complexity index is 586. The molecule has 1 aromatic carbocycles. The number of rotatable bonds is 5. The van der Waals surface area contributed by atoms with Crippen LogP contribution in [0, 0.1) is 11.7 Å². The quantitative estimate of drug-likeness (QED) is 0.855. The third-order valence-electron chi connectivity index (χ3n) is 3.58. The minimum Gasteiger partial charge on any atom is -0.497 e. The summed E-state index contributed by atoms with van der Waals surface area (Å²) in [6.07, 6.45) is 1.19. The molecule has 0 spiro atoms. The molecule has 8 heteroatoms. The summed E-state index contributed by atoms with van der Waals surface area (Å²) in [5.74, 6) is -0.164. The summed E-state index contributed by atoms with van der Waals surface area (Å²) >= 11 is 0. The minimum absolute atomic E-state index is 0.0613. The van der Waals surface area contributed by atoms with Gasteiger partial charge in [0.2, 0.25) is 0 Å². The average molecular weight is 318 g/mol. The maximum Gasteiger partial charge on any atom is 0.301 e. The number of methoxy groups -OCH3 is 1. The lowest BCUT2D eigenvalue weighted by Gasteiger charge is -2.30. The molecule has 0 atom stereocenters. The van der Waals surface area contributed by atoms with Crippen LogP contribution in [-0.4, -0.2) is 44.6 Å². The first-order valence-electron chi connectivity index (χ1n) is 6.68. The van der Waals surface area contributed by atoms with E-state index in [1.165, 1.54) is 23.5 Å². The summed E-state index contributed by atoms with van der Waals surface area (Å²) in [6.45, 7) is 0.685. The molecule has 1 fully saturated rings. The smallest absolute Gasteiger partial charge is 0.301 e. The van der Waals surface area contributed by atoms with Crippen molar-refractivity contribution in [2.75, 3.05) is 31.5 Å². The van der Waals surface area contributed by atoms with Crippen LogP contribution in [0.25, 0.3) is 0 Å². The summed E-state index contributed by atoms with van der Waals surface area (Å²) in [4.78, 5) is 0. The first kappa shape index (κ1) is 16.0. The molecule has 0 radical (unpaired) electrons. The van der Waals surface area contributed by atoms with Gasteiger partial charge >= 0.3 is 10.2 Å². The highest BCUT2D eigenvalue weighted by Crippen LogP contribution is 2.24. The van der Waals surface area contributed by atoms with Crippen LogP contribution in [0.1, 0.15) is 12.8 Å². The van der Waals surface area contributed by atoms with E-state index in [0.717, 1.165) is 6.07 Å². The molecule has 1 heterocycles. The van der Waals surface area contributed by atoms with E-state index in [4.69, 9.17) is 9.84 Å². The number of anilines is 1. The van der Waals surface area contributed by atoms with Crippen molar-refractivity contribution >= 4 is 15.9 Å². The lowest BCUT2D eigenvalue weighted by Crippen LogP contribution is -2.42. The molecule has 1 saturated heterocycles. The zero-order chi connectivity index (χ0) is 15.5. The predicted octanol–water partition coefficient (Wildman–Crippen LogP) is 1.20. The Morgan fingerprint density at radius 3 is 2.67 bits per heavy atom. The zero-order valence-electron chi connectivity index (χ0n) is 11.8. The molecule has 2 rings (SSSR count). The van der Waals surface area contributed by atoms with Gasteiger partial charge in [0.15, 0.2) is 0 Å². The number of hydrogen-bond acceptors (Lipinski definition) is 4. The van der Waals surface area contributed by atoms with Crippen LogP contribution in [0.2, 0.25) is 0 Å². The van der Waals surface area contributed by atoms with E-state index in [1.54, 1.807) is 0 Å². The largest absolute Gasteiger partial charge is 0.497 e. The van der Waals surface area contributed by atoms with E-state index in [0.29, 0.717) is 31.7 Å². The van der Waals surface area contributed by atoms with Crippen molar-refractivity contribution in [3.63, 3.8) is 0 Å². The van der Waals surface area contributed by atoms with Crippen LogP contribution in [0.3, 0.4) is 0 Å². The third-order valence-corrected chi connectivity index (χ3v) is 5.11. The fraction of sp³-hybridized carbons (Fsp3) is 0.538. The molecule has 2 N–H and O–H groups in total. The van der Waals surface area contributed by atoms with E-state index < -0.39 is 16.0 Å². The summed E-state index contributed by atoms with van der Waals surface area (Å²) in [5, 5.41) is 9.06. The summed E-state index contributed by atoms with van der Waals surface area (Å²) < 4.78 is 46.6. The maximum absolute atomic E-state index is 13.7. The summed E-state index contributed by atoms with van der Waals surface area (Å²) in [6, 6.07) is 3.86. The highest BCUT2D eigenvalue weighted by molar-refractivity contribution is 7.90. The first-order chi connectivity index (χ1) is 9.96. The van der Waals surface area contributed by atoms with Crippen molar-refractivity contribution in [1.82, 2.24) is 4.31 Å². The first-order valence-corrected chi connectivity index (χ1v) is 8.12. The molecular formula is C13H19FN2O4S. The van der Waals surface area contributed by atoms with Crippen LogP contribution < -0.4 is 9.46 Å². The van der Waals surface area contributed by atoms with Crippen LogP contribution in [0.4, 0.5) is 10.1 Å². The maximum atomic E-state index is 13.7. The average Bonchev–Trinajstić information content (AvgIpc) is 2.49. The molecule has 0 saturated carbocycles. The van der Waals surface area contributed by atoms with Gasteiger partial charge in [-0.2, -0.15) is 12.7 Å². The lowest BCUT2D eigenvalue weighted by molar-refractivity contribution is 0.170. The molecule has 21 heavy (non-hydrogen) atoms. The van der Waals surface area contributed by atoms with Gasteiger partial charge < -0.3 is 9.84 Å². The molecule has 0 amide bonds. The second kappa shape index (κ2) is 6.59. The highest BCUT2D eigenvalue weighted by atomic mass is 32.2. The number of aliphatic hydroxyl groups is 1. The number of ether oxygens (including phenoxy) is 1. The fourth-order valence-electron chi connectivity index (χ4n) is 2.25. The van der Waals surface area contributed by atoms with Gasteiger partial charge in [-0.15, -0.1) is 0 Å². The Hall–Kier alpha value is -1.38. The number of aliphatic hydroxyl groups excluding tert-OH is 1. The number of hydrogen-bond donors (Lipinski definition) is 2. The molecule has 118 valence electrons. The molecule has 0 bridgehead atoms.